The largest absolute Gasteiger partial charge is 0.469 e. The topological polar surface area (TPSA) is 97.8 Å². The van der Waals surface area contributed by atoms with Gasteiger partial charge in [0.05, 0.1) is 30.2 Å². The van der Waals surface area contributed by atoms with Gasteiger partial charge >= 0.3 is 11.9 Å². The number of carbonyl (C=O) groups excluding carboxylic acids is 2. The number of anilines is 1. The van der Waals surface area contributed by atoms with Crippen LogP contribution in [0.15, 0.2) is 52.8 Å². The smallest absolute Gasteiger partial charge is 0.311 e. The second-order valence-corrected chi connectivity index (χ2v) is 9.38. The first kappa shape index (κ1) is 28.4. The Labute approximate surface area is 213 Å². The second kappa shape index (κ2) is 12.8. The van der Waals surface area contributed by atoms with E-state index in [2.05, 4.69) is 25.0 Å². The first-order valence-corrected chi connectivity index (χ1v) is 11.9. The Hall–Kier alpha value is -3.80. The molecule has 0 aliphatic heterocycles. The lowest BCUT2D eigenvalue weighted by Gasteiger charge is -2.33. The fraction of sp³-hybridized carbons (Fsp3) is 0.481. The molecule has 1 unspecified atom stereocenters. The van der Waals surface area contributed by atoms with Gasteiger partial charge < -0.3 is 19.2 Å². The number of benzene rings is 1. The van der Waals surface area contributed by atoms with Crippen molar-refractivity contribution in [2.75, 3.05) is 31.7 Å². The van der Waals surface area contributed by atoms with Crippen LogP contribution in [0, 0.1) is 17.4 Å². The van der Waals surface area contributed by atoms with Crippen molar-refractivity contribution in [3.8, 4) is 0 Å². The number of aromatic nitrogens is 1. The predicted molar refractivity (Wildman–Crippen MR) is 139 cm³/mol. The van der Waals surface area contributed by atoms with Crippen LogP contribution in [0.25, 0.3) is 4.85 Å². The predicted octanol–water partition coefficient (Wildman–Crippen LogP) is 6.42. The Bertz CT molecular complexity index is 1090. The summed E-state index contributed by atoms with van der Waals surface area (Å²) in [6.07, 6.45) is 2.40. The molecule has 0 radical (unpaired) electrons. The number of carbonyl (C=O) groups is 2. The van der Waals surface area contributed by atoms with Crippen LogP contribution in [0.2, 0.25) is 0 Å². The van der Waals surface area contributed by atoms with E-state index in [9.17, 15) is 9.59 Å². The van der Waals surface area contributed by atoms with Gasteiger partial charge in [-0.25, -0.2) is 0 Å². The minimum atomic E-state index is -0.787. The standard InChI is InChI=1S/C27H35N5O4/c1-8-27(5,19-26(3,4)24(33)35-7)25(34)36-17-16-32(9-2)22-13-10-20(11-14-22)30-31-21-12-15-23(28-6)29-18-21/h10-15,18H,8-9,16-17,19H2,1-5,7H3. The average Bonchev–Trinajstić information content (AvgIpc) is 2.89. The molecule has 1 aromatic carbocycles. The van der Waals surface area contributed by atoms with E-state index in [0.717, 1.165) is 12.2 Å². The number of pyridine rings is 1. The van der Waals surface area contributed by atoms with Gasteiger partial charge in [0, 0.05) is 12.2 Å². The van der Waals surface area contributed by atoms with Crippen molar-refractivity contribution in [3.63, 3.8) is 0 Å². The summed E-state index contributed by atoms with van der Waals surface area (Å²) in [4.78, 5) is 34.4. The summed E-state index contributed by atoms with van der Waals surface area (Å²) in [6.45, 7) is 17.8. The summed E-state index contributed by atoms with van der Waals surface area (Å²) < 4.78 is 10.5. The number of hydrogen-bond donors (Lipinski definition) is 0. The highest BCUT2D eigenvalue weighted by Crippen LogP contribution is 2.38. The maximum Gasteiger partial charge on any atom is 0.311 e. The molecule has 2 aromatic rings. The first-order chi connectivity index (χ1) is 17.1. The third-order valence-corrected chi connectivity index (χ3v) is 6.16. The van der Waals surface area contributed by atoms with E-state index in [1.807, 2.05) is 45.0 Å². The number of methoxy groups -OCH3 is 1. The Morgan fingerprint density at radius 2 is 1.67 bits per heavy atom. The molecular formula is C27H35N5O4. The van der Waals surface area contributed by atoms with E-state index in [1.165, 1.54) is 13.3 Å². The maximum atomic E-state index is 12.9. The monoisotopic (exact) mass is 493 g/mol. The highest BCUT2D eigenvalue weighted by molar-refractivity contribution is 5.80. The van der Waals surface area contributed by atoms with Gasteiger partial charge in [-0.05, 0) is 76.9 Å². The Kier molecular flexibility index (Phi) is 10.1. The number of nitrogens with zero attached hydrogens (tertiary/aromatic N) is 5. The van der Waals surface area contributed by atoms with Crippen molar-refractivity contribution >= 4 is 34.8 Å². The molecule has 9 nitrogen and oxygen atoms in total. The van der Waals surface area contributed by atoms with Crippen LogP contribution in [0.5, 0.6) is 0 Å². The number of esters is 2. The van der Waals surface area contributed by atoms with Crippen LogP contribution in [0.3, 0.4) is 0 Å². The fourth-order valence-corrected chi connectivity index (χ4v) is 3.91. The van der Waals surface area contributed by atoms with E-state index < -0.39 is 10.8 Å². The van der Waals surface area contributed by atoms with Gasteiger partial charge in [0.2, 0.25) is 0 Å². The van der Waals surface area contributed by atoms with Crippen LogP contribution in [-0.4, -0.2) is 43.7 Å². The summed E-state index contributed by atoms with van der Waals surface area (Å²) in [6, 6.07) is 10.9. The zero-order chi connectivity index (χ0) is 26.8. The number of hydrogen-bond acceptors (Lipinski definition) is 8. The lowest BCUT2D eigenvalue weighted by atomic mass is 9.72. The van der Waals surface area contributed by atoms with Crippen molar-refractivity contribution in [1.29, 1.82) is 0 Å². The minimum absolute atomic E-state index is 0.232. The Morgan fingerprint density at radius 3 is 2.19 bits per heavy atom. The molecule has 1 heterocycles. The number of likely N-dealkylation sites (N-methyl/N-ethyl adjacent to an activating group) is 1. The molecule has 2 rings (SSSR count). The molecule has 9 heteroatoms. The highest BCUT2D eigenvalue weighted by atomic mass is 16.5. The summed E-state index contributed by atoms with van der Waals surface area (Å²) >= 11 is 0. The van der Waals surface area contributed by atoms with E-state index in [4.69, 9.17) is 16.0 Å². The summed E-state index contributed by atoms with van der Waals surface area (Å²) in [5.41, 5.74) is 0.651. The van der Waals surface area contributed by atoms with Crippen molar-refractivity contribution in [2.45, 2.75) is 47.5 Å². The van der Waals surface area contributed by atoms with Gasteiger partial charge in [0.25, 0.3) is 5.82 Å². The van der Waals surface area contributed by atoms with E-state index in [1.54, 1.807) is 26.0 Å². The SMILES string of the molecule is [C-]#[N+]c1ccc(N=Nc2ccc(N(CC)CCOC(=O)C(C)(CC)CC(C)(C)C(=O)OC)cc2)cn1. The molecule has 36 heavy (non-hydrogen) atoms. The van der Waals surface area contributed by atoms with Crippen molar-refractivity contribution in [3.05, 3.63) is 54.0 Å². The zero-order valence-corrected chi connectivity index (χ0v) is 21.9. The third-order valence-electron chi connectivity index (χ3n) is 6.16. The molecule has 0 fully saturated rings. The number of azo groups is 1. The van der Waals surface area contributed by atoms with Crippen LogP contribution < -0.4 is 4.90 Å². The normalized spacial score (nSPS) is 13.0. The summed E-state index contributed by atoms with van der Waals surface area (Å²) in [5.74, 6) is -0.342. The van der Waals surface area contributed by atoms with Gasteiger partial charge in [-0.2, -0.15) is 5.11 Å². The molecule has 1 aromatic heterocycles. The van der Waals surface area contributed by atoms with Gasteiger partial charge in [0.1, 0.15) is 18.5 Å². The average molecular weight is 494 g/mol. The molecule has 0 N–H and O–H groups in total. The molecule has 1 atom stereocenters. The fourth-order valence-electron chi connectivity index (χ4n) is 3.91. The molecular weight excluding hydrogens is 458 g/mol. The van der Waals surface area contributed by atoms with E-state index >= 15 is 0 Å². The molecule has 0 aliphatic carbocycles. The molecule has 0 amide bonds. The molecule has 0 saturated carbocycles. The molecule has 0 spiro atoms. The van der Waals surface area contributed by atoms with Crippen molar-refractivity contribution in [2.24, 2.45) is 21.1 Å². The highest BCUT2D eigenvalue weighted by Gasteiger charge is 2.42. The number of rotatable bonds is 12. The summed E-state index contributed by atoms with van der Waals surface area (Å²) in [7, 11) is 1.36. The first-order valence-electron chi connectivity index (χ1n) is 11.9. The van der Waals surface area contributed by atoms with Gasteiger partial charge in [0.15, 0.2) is 0 Å². The lowest BCUT2D eigenvalue weighted by molar-refractivity contribution is -0.161. The van der Waals surface area contributed by atoms with Gasteiger partial charge in [-0.15, -0.1) is 10.1 Å². The Balaban J connectivity index is 1.96. The van der Waals surface area contributed by atoms with Crippen molar-refractivity contribution < 1.29 is 19.1 Å². The van der Waals surface area contributed by atoms with Crippen LogP contribution in [0.1, 0.15) is 47.5 Å². The van der Waals surface area contributed by atoms with Gasteiger partial charge in [-0.1, -0.05) is 13.5 Å². The lowest BCUT2D eigenvalue weighted by Crippen LogP contribution is -2.39. The van der Waals surface area contributed by atoms with Crippen LogP contribution in [-0.2, 0) is 19.1 Å². The zero-order valence-electron chi connectivity index (χ0n) is 21.9. The van der Waals surface area contributed by atoms with Gasteiger partial charge in [-0.3, -0.25) is 9.59 Å². The quantitative estimate of drug-likeness (QED) is 0.192. The second-order valence-electron chi connectivity index (χ2n) is 9.38. The van der Waals surface area contributed by atoms with Crippen LogP contribution in [0.4, 0.5) is 22.9 Å². The molecule has 0 aliphatic rings. The number of ether oxygens (including phenoxy) is 2. The molecule has 0 bridgehead atoms. The van der Waals surface area contributed by atoms with E-state index in [-0.39, 0.29) is 18.5 Å². The van der Waals surface area contributed by atoms with Crippen LogP contribution >= 0.6 is 0 Å². The maximum absolute atomic E-state index is 12.9. The van der Waals surface area contributed by atoms with Crippen molar-refractivity contribution in [1.82, 2.24) is 4.98 Å². The molecule has 192 valence electrons. The minimum Gasteiger partial charge on any atom is -0.469 e. The third kappa shape index (κ3) is 7.60. The Morgan fingerprint density at radius 1 is 1.03 bits per heavy atom. The molecule has 0 saturated heterocycles. The summed E-state index contributed by atoms with van der Waals surface area (Å²) in [5, 5.41) is 8.36. The van der Waals surface area contributed by atoms with E-state index in [0.29, 0.717) is 36.6 Å².